The van der Waals surface area contributed by atoms with E-state index < -0.39 is 5.97 Å². The number of hydrogen-bond donors (Lipinski definition) is 2. The Bertz CT molecular complexity index is 525. The molecule has 2 aromatic rings. The molecule has 2 rings (SSSR count). The van der Waals surface area contributed by atoms with E-state index in [-0.39, 0.29) is 5.76 Å². The standard InChI is InChI=1S/C11H12N2O3S/c1-6-7(2)17-11(13-6)12-5-8-3-4-9(16-8)10(14)15/h3-4H,5H2,1-2H3,(H,12,13)(H,14,15). The van der Waals surface area contributed by atoms with Crippen LogP contribution >= 0.6 is 11.3 Å². The van der Waals surface area contributed by atoms with Crippen LogP contribution in [0.5, 0.6) is 0 Å². The molecule has 0 unspecified atom stereocenters. The Morgan fingerprint density at radius 2 is 2.29 bits per heavy atom. The molecule has 2 aromatic heterocycles. The fraction of sp³-hybridized carbons (Fsp3) is 0.273. The van der Waals surface area contributed by atoms with E-state index in [1.54, 1.807) is 17.4 Å². The highest BCUT2D eigenvalue weighted by Crippen LogP contribution is 2.21. The molecule has 0 saturated heterocycles. The summed E-state index contributed by atoms with van der Waals surface area (Å²) in [5.74, 6) is -0.529. The number of aromatic carboxylic acids is 1. The van der Waals surface area contributed by atoms with Gasteiger partial charge in [0.1, 0.15) is 5.76 Å². The maximum atomic E-state index is 10.6. The van der Waals surface area contributed by atoms with E-state index in [2.05, 4.69) is 10.3 Å². The Morgan fingerprint density at radius 1 is 1.53 bits per heavy atom. The summed E-state index contributed by atoms with van der Waals surface area (Å²) in [6.07, 6.45) is 0. The highest BCUT2D eigenvalue weighted by Gasteiger charge is 2.09. The largest absolute Gasteiger partial charge is 0.475 e. The number of carboxylic acids is 1. The van der Waals surface area contributed by atoms with Gasteiger partial charge in [-0.05, 0) is 26.0 Å². The molecule has 0 radical (unpaired) electrons. The summed E-state index contributed by atoms with van der Waals surface area (Å²) in [5.41, 5.74) is 1.00. The van der Waals surface area contributed by atoms with Crippen LogP contribution in [0, 0.1) is 13.8 Å². The second-order valence-corrected chi connectivity index (χ2v) is 4.79. The SMILES string of the molecule is Cc1nc(NCc2ccc(C(=O)O)o2)sc1C. The average Bonchev–Trinajstić information content (AvgIpc) is 2.84. The van der Waals surface area contributed by atoms with Gasteiger partial charge in [-0.25, -0.2) is 9.78 Å². The molecule has 5 nitrogen and oxygen atoms in total. The number of thiazole rings is 1. The van der Waals surface area contributed by atoms with E-state index in [4.69, 9.17) is 9.52 Å². The monoisotopic (exact) mass is 252 g/mol. The van der Waals surface area contributed by atoms with Crippen LogP contribution in [0.25, 0.3) is 0 Å². The van der Waals surface area contributed by atoms with Crippen LogP contribution in [0.2, 0.25) is 0 Å². The summed E-state index contributed by atoms with van der Waals surface area (Å²) >= 11 is 1.57. The maximum absolute atomic E-state index is 10.6. The van der Waals surface area contributed by atoms with E-state index in [9.17, 15) is 4.79 Å². The van der Waals surface area contributed by atoms with Crippen molar-refractivity contribution in [3.8, 4) is 0 Å². The summed E-state index contributed by atoms with van der Waals surface area (Å²) in [4.78, 5) is 16.1. The maximum Gasteiger partial charge on any atom is 0.371 e. The normalized spacial score (nSPS) is 10.5. The minimum atomic E-state index is -1.06. The lowest BCUT2D eigenvalue weighted by Crippen LogP contribution is -1.98. The third kappa shape index (κ3) is 2.65. The van der Waals surface area contributed by atoms with Gasteiger partial charge in [0.05, 0.1) is 12.2 Å². The van der Waals surface area contributed by atoms with Crippen molar-refractivity contribution in [1.82, 2.24) is 4.98 Å². The number of nitrogens with zero attached hydrogens (tertiary/aromatic N) is 1. The Kier molecular flexibility index (Phi) is 3.14. The summed E-state index contributed by atoms with van der Waals surface area (Å²) < 4.78 is 5.12. The Balaban J connectivity index is 1.99. The number of anilines is 1. The first-order valence-electron chi connectivity index (χ1n) is 5.06. The molecule has 0 fully saturated rings. The second kappa shape index (κ2) is 4.58. The van der Waals surface area contributed by atoms with Crippen LogP contribution in [0.3, 0.4) is 0 Å². The van der Waals surface area contributed by atoms with Gasteiger partial charge in [-0.3, -0.25) is 0 Å². The van der Waals surface area contributed by atoms with Gasteiger partial charge in [0, 0.05) is 4.88 Å². The second-order valence-electron chi connectivity index (χ2n) is 3.59. The quantitative estimate of drug-likeness (QED) is 0.875. The van der Waals surface area contributed by atoms with Gasteiger partial charge in [0.15, 0.2) is 5.13 Å². The van der Waals surface area contributed by atoms with Gasteiger partial charge in [-0.15, -0.1) is 11.3 Å². The first-order chi connectivity index (χ1) is 8.06. The molecule has 0 atom stereocenters. The molecular weight excluding hydrogens is 240 g/mol. The first-order valence-corrected chi connectivity index (χ1v) is 5.88. The molecule has 0 bridgehead atoms. The number of carboxylic acid groups (broad SMARTS) is 1. The molecular formula is C11H12N2O3S. The summed E-state index contributed by atoms with van der Waals surface area (Å²) in [6, 6.07) is 3.08. The van der Waals surface area contributed by atoms with Crippen molar-refractivity contribution in [2.45, 2.75) is 20.4 Å². The Morgan fingerprint density at radius 3 is 2.82 bits per heavy atom. The molecule has 2 N–H and O–H groups in total. The van der Waals surface area contributed by atoms with E-state index in [1.165, 1.54) is 6.07 Å². The average molecular weight is 252 g/mol. The van der Waals surface area contributed by atoms with Gasteiger partial charge in [0.25, 0.3) is 0 Å². The van der Waals surface area contributed by atoms with Gasteiger partial charge in [-0.1, -0.05) is 0 Å². The highest BCUT2D eigenvalue weighted by molar-refractivity contribution is 7.15. The number of aromatic nitrogens is 1. The number of carbonyl (C=O) groups is 1. The number of nitrogens with one attached hydrogen (secondary N) is 1. The predicted octanol–water partition coefficient (Wildman–Crippen LogP) is 2.66. The van der Waals surface area contributed by atoms with Crippen molar-refractivity contribution in [3.63, 3.8) is 0 Å². The van der Waals surface area contributed by atoms with Crippen molar-refractivity contribution in [2.24, 2.45) is 0 Å². The van der Waals surface area contributed by atoms with Crippen LogP contribution in [-0.2, 0) is 6.54 Å². The molecule has 0 spiro atoms. The smallest absolute Gasteiger partial charge is 0.371 e. The van der Waals surface area contributed by atoms with Crippen molar-refractivity contribution < 1.29 is 14.3 Å². The molecule has 90 valence electrons. The van der Waals surface area contributed by atoms with E-state index in [0.717, 1.165) is 15.7 Å². The van der Waals surface area contributed by atoms with Crippen LogP contribution in [0.15, 0.2) is 16.5 Å². The zero-order valence-electron chi connectivity index (χ0n) is 9.48. The van der Waals surface area contributed by atoms with Crippen molar-refractivity contribution >= 4 is 22.4 Å². The lowest BCUT2D eigenvalue weighted by atomic mass is 10.4. The summed E-state index contributed by atoms with van der Waals surface area (Å²) in [5, 5.41) is 12.6. The minimum absolute atomic E-state index is 0.0479. The number of aryl methyl sites for hydroxylation is 2. The van der Waals surface area contributed by atoms with Crippen LogP contribution in [0.1, 0.15) is 26.9 Å². The molecule has 0 amide bonds. The predicted molar refractivity (Wildman–Crippen MR) is 64.6 cm³/mol. The molecule has 17 heavy (non-hydrogen) atoms. The third-order valence-electron chi connectivity index (χ3n) is 2.31. The van der Waals surface area contributed by atoms with Crippen molar-refractivity contribution in [2.75, 3.05) is 5.32 Å². The molecule has 0 aliphatic carbocycles. The molecule has 0 aliphatic heterocycles. The Labute approximate surface area is 102 Å². The highest BCUT2D eigenvalue weighted by atomic mass is 32.1. The Hall–Kier alpha value is -1.82. The minimum Gasteiger partial charge on any atom is -0.475 e. The van der Waals surface area contributed by atoms with Crippen molar-refractivity contribution in [1.29, 1.82) is 0 Å². The molecule has 0 aliphatic rings. The zero-order valence-corrected chi connectivity index (χ0v) is 10.3. The topological polar surface area (TPSA) is 75.4 Å². The molecule has 0 saturated carbocycles. The zero-order chi connectivity index (χ0) is 12.4. The van der Waals surface area contributed by atoms with Gasteiger partial charge >= 0.3 is 5.97 Å². The van der Waals surface area contributed by atoms with E-state index in [0.29, 0.717) is 12.3 Å². The summed E-state index contributed by atoms with van der Waals surface area (Å²) in [7, 11) is 0. The fourth-order valence-corrected chi connectivity index (χ4v) is 2.11. The van der Waals surface area contributed by atoms with Crippen molar-refractivity contribution in [3.05, 3.63) is 34.2 Å². The lowest BCUT2D eigenvalue weighted by molar-refractivity contribution is 0.0660. The van der Waals surface area contributed by atoms with E-state index in [1.807, 2.05) is 13.8 Å². The number of hydrogen-bond acceptors (Lipinski definition) is 5. The molecule has 2 heterocycles. The van der Waals surface area contributed by atoms with Gasteiger partial charge in [0.2, 0.25) is 5.76 Å². The summed E-state index contributed by atoms with van der Waals surface area (Å²) in [6.45, 7) is 4.39. The number of rotatable bonds is 4. The molecule has 6 heteroatoms. The molecule has 0 aromatic carbocycles. The van der Waals surface area contributed by atoms with Crippen LogP contribution < -0.4 is 5.32 Å². The van der Waals surface area contributed by atoms with Gasteiger partial charge < -0.3 is 14.8 Å². The first kappa shape index (κ1) is 11.7. The third-order valence-corrected chi connectivity index (χ3v) is 3.35. The van der Waals surface area contributed by atoms with Crippen LogP contribution in [-0.4, -0.2) is 16.1 Å². The van der Waals surface area contributed by atoms with Gasteiger partial charge in [-0.2, -0.15) is 0 Å². The van der Waals surface area contributed by atoms with Crippen LogP contribution in [0.4, 0.5) is 5.13 Å². The lowest BCUT2D eigenvalue weighted by Gasteiger charge is -1.98. The fourth-order valence-electron chi connectivity index (χ4n) is 1.30. The number of furan rings is 1. The van der Waals surface area contributed by atoms with E-state index >= 15 is 0 Å².